The van der Waals surface area contributed by atoms with Crippen LogP contribution < -0.4 is 31.1 Å². The average Bonchev–Trinajstić information content (AvgIpc) is 3.65. The van der Waals surface area contributed by atoms with Gasteiger partial charge in [0.15, 0.2) is 0 Å². The Morgan fingerprint density at radius 3 is 2.31 bits per heavy atom. The number of piperazine rings is 2. The minimum Gasteiger partial charge on any atom is -0.382 e. The largest absolute Gasteiger partial charge is 0.382 e. The van der Waals surface area contributed by atoms with Gasteiger partial charge < -0.3 is 35.4 Å². The summed E-state index contributed by atoms with van der Waals surface area (Å²) in [5.41, 5.74) is 2.51. The number of ether oxygens (including phenoxy) is 1. The molecule has 9 rings (SSSR count). The fourth-order valence-electron chi connectivity index (χ4n) is 10.6. The Morgan fingerprint density at radius 1 is 0.779 bits per heavy atom. The number of nitrogens with zero attached hydrogens (tertiary/aromatic N) is 8. The van der Waals surface area contributed by atoms with E-state index < -0.39 is 29.1 Å². The third-order valence-electron chi connectivity index (χ3n) is 14.9. The molecule has 5 fully saturated rings. The minimum absolute atomic E-state index is 0.0177. The predicted octanol–water partition coefficient (Wildman–Crippen LogP) is 3.27. The number of hydrogen-bond donors (Lipinski definition) is 4. The molecule has 6 aliphatic heterocycles. The SMILES string of the molecule is CC1(C)CCN(Cc2cc(F)c(N3CC(=O)NC4(CCN(c5cc(NCCN6CCN(CCOCCNc7cccc8c7CN(C7CCC(=O)NC7=O)C8=O)CC6)ncn5)CC4)C3)cc2F)CC1. The second kappa shape index (κ2) is 20.6. The smallest absolute Gasteiger partial charge is 0.255 e. The Hall–Kier alpha value is -5.50. The van der Waals surface area contributed by atoms with Crippen LogP contribution in [0.15, 0.2) is 42.7 Å². The molecule has 2 aromatic carbocycles. The van der Waals surface area contributed by atoms with Gasteiger partial charge in [0.25, 0.3) is 5.91 Å². The summed E-state index contributed by atoms with van der Waals surface area (Å²) in [4.78, 5) is 71.8. The van der Waals surface area contributed by atoms with E-state index in [1.165, 1.54) is 12.1 Å². The number of halogens is 2. The molecule has 3 aromatic rings. The van der Waals surface area contributed by atoms with Gasteiger partial charge in [0.2, 0.25) is 17.7 Å². The maximum Gasteiger partial charge on any atom is 0.255 e. The van der Waals surface area contributed by atoms with Crippen LogP contribution in [0, 0.1) is 17.0 Å². The fourth-order valence-corrected chi connectivity index (χ4v) is 10.6. The first kappa shape index (κ1) is 47.6. The van der Waals surface area contributed by atoms with E-state index in [1.54, 1.807) is 22.2 Å². The topological polar surface area (TPSA) is 171 Å². The normalized spacial score (nSPS) is 22.4. The first-order valence-electron chi connectivity index (χ1n) is 24.4. The van der Waals surface area contributed by atoms with E-state index in [9.17, 15) is 19.2 Å². The summed E-state index contributed by atoms with van der Waals surface area (Å²) in [5.74, 6) is -0.460. The van der Waals surface area contributed by atoms with E-state index in [1.807, 2.05) is 18.2 Å². The molecule has 0 saturated carbocycles. The van der Waals surface area contributed by atoms with Gasteiger partial charge in [-0.15, -0.1) is 0 Å². The first-order chi connectivity index (χ1) is 32.8. The standard InChI is InChI=1S/C49H66F2N12O5/c1-48(2)8-14-60(15-9-48)29-34-26-38(51)41(27-37(34)50)62-31-45(65)57-49(32-62)10-16-61(17-11-49)43-28-42(54-33-55-43)53-12-18-58-19-21-59(22-20-58)23-25-68-24-13-52-39-5-3-4-35-36(39)30-63(47(35)67)40-6-7-44(64)56-46(40)66/h3-5,26-28,33,40,52H,6-25,29-32H2,1-2H3,(H,57,65)(H,53,54,55)(H,56,64,66). The van der Waals surface area contributed by atoms with Crippen LogP contribution in [0.2, 0.25) is 0 Å². The third kappa shape index (κ3) is 11.2. The molecule has 19 heteroatoms. The summed E-state index contributed by atoms with van der Waals surface area (Å²) in [5, 5.41) is 12.4. The number of anilines is 4. The molecule has 17 nitrogen and oxygen atoms in total. The molecule has 1 unspecified atom stereocenters. The number of benzene rings is 2. The van der Waals surface area contributed by atoms with Crippen molar-refractivity contribution in [2.45, 2.75) is 77.0 Å². The molecule has 7 heterocycles. The summed E-state index contributed by atoms with van der Waals surface area (Å²) in [6.07, 6.45) is 5.47. The molecule has 366 valence electrons. The van der Waals surface area contributed by atoms with Crippen LogP contribution in [0.5, 0.6) is 0 Å². The lowest BCUT2D eigenvalue weighted by Gasteiger charge is -2.48. The average molecular weight is 941 g/mol. The van der Waals surface area contributed by atoms with Crippen LogP contribution >= 0.6 is 0 Å². The molecule has 68 heavy (non-hydrogen) atoms. The third-order valence-corrected chi connectivity index (χ3v) is 14.9. The van der Waals surface area contributed by atoms with E-state index in [4.69, 9.17) is 4.74 Å². The summed E-state index contributed by atoms with van der Waals surface area (Å²) in [6, 6.07) is 9.48. The molecule has 1 spiro atoms. The number of amides is 4. The van der Waals surface area contributed by atoms with Crippen molar-refractivity contribution >= 4 is 46.6 Å². The quantitative estimate of drug-likeness (QED) is 0.122. The van der Waals surface area contributed by atoms with Gasteiger partial charge >= 0.3 is 0 Å². The molecule has 4 amide bonds. The number of rotatable bonds is 16. The summed E-state index contributed by atoms with van der Waals surface area (Å²) in [7, 11) is 0. The van der Waals surface area contributed by atoms with E-state index >= 15 is 8.78 Å². The Bertz CT molecular complexity index is 2330. The molecular formula is C49H66F2N12O5. The van der Waals surface area contributed by atoms with Gasteiger partial charge in [-0.2, -0.15) is 0 Å². The number of hydrogen-bond acceptors (Lipinski definition) is 14. The highest BCUT2D eigenvalue weighted by molar-refractivity contribution is 6.06. The molecule has 4 N–H and O–H groups in total. The number of nitrogens with one attached hydrogen (secondary N) is 4. The molecule has 0 radical (unpaired) electrons. The highest BCUT2D eigenvalue weighted by atomic mass is 19.1. The van der Waals surface area contributed by atoms with Gasteiger partial charge in [0.1, 0.15) is 35.6 Å². The summed E-state index contributed by atoms with van der Waals surface area (Å²) in [6.45, 7) is 16.6. The minimum atomic E-state index is -0.642. The van der Waals surface area contributed by atoms with Gasteiger partial charge in [0, 0.05) is 126 Å². The number of likely N-dealkylation sites (tertiary alicyclic amines) is 1. The van der Waals surface area contributed by atoms with Gasteiger partial charge in [0.05, 0.1) is 31.0 Å². The maximum atomic E-state index is 15.7. The van der Waals surface area contributed by atoms with Crippen molar-refractivity contribution in [3.8, 4) is 0 Å². The monoisotopic (exact) mass is 941 g/mol. The van der Waals surface area contributed by atoms with Crippen LogP contribution in [-0.4, -0.2) is 170 Å². The van der Waals surface area contributed by atoms with E-state index in [0.717, 1.165) is 94.6 Å². The zero-order valence-corrected chi connectivity index (χ0v) is 39.5. The van der Waals surface area contributed by atoms with Crippen molar-refractivity contribution in [3.05, 3.63) is 71.1 Å². The van der Waals surface area contributed by atoms with E-state index in [-0.39, 0.29) is 41.8 Å². The molecule has 6 aliphatic rings. The zero-order chi connectivity index (χ0) is 47.4. The maximum absolute atomic E-state index is 15.7. The van der Waals surface area contributed by atoms with Crippen molar-refractivity contribution in [2.75, 3.05) is 125 Å². The summed E-state index contributed by atoms with van der Waals surface area (Å²) < 4.78 is 37.1. The molecule has 5 saturated heterocycles. The van der Waals surface area contributed by atoms with Crippen LogP contribution in [0.3, 0.4) is 0 Å². The number of imide groups is 1. The van der Waals surface area contributed by atoms with Gasteiger partial charge in [-0.1, -0.05) is 19.9 Å². The zero-order valence-electron chi connectivity index (χ0n) is 39.5. The van der Waals surface area contributed by atoms with Crippen LogP contribution in [0.4, 0.5) is 31.8 Å². The summed E-state index contributed by atoms with van der Waals surface area (Å²) >= 11 is 0. The van der Waals surface area contributed by atoms with Crippen LogP contribution in [0.25, 0.3) is 0 Å². The van der Waals surface area contributed by atoms with Crippen molar-refractivity contribution < 1.29 is 32.7 Å². The molecule has 1 aromatic heterocycles. The van der Waals surface area contributed by atoms with Crippen molar-refractivity contribution in [3.63, 3.8) is 0 Å². The Morgan fingerprint density at radius 2 is 1.54 bits per heavy atom. The number of fused-ring (bicyclic) bond motifs is 1. The number of carbonyl (C=O) groups excluding carboxylic acids is 4. The van der Waals surface area contributed by atoms with Crippen molar-refractivity contribution in [2.24, 2.45) is 5.41 Å². The number of piperidine rings is 3. The molecule has 1 atom stereocenters. The Labute approximate surface area is 397 Å². The van der Waals surface area contributed by atoms with Crippen LogP contribution in [0.1, 0.15) is 73.9 Å². The highest BCUT2D eigenvalue weighted by Gasteiger charge is 2.43. The number of aromatic nitrogens is 2. The lowest BCUT2D eigenvalue weighted by atomic mass is 9.82. The molecule has 0 aliphatic carbocycles. The second-order valence-electron chi connectivity index (χ2n) is 20.1. The number of carbonyl (C=O) groups is 4. The van der Waals surface area contributed by atoms with Crippen LogP contribution in [-0.2, 0) is 32.2 Å². The van der Waals surface area contributed by atoms with E-state index in [0.29, 0.717) is 82.9 Å². The molecule has 0 bridgehead atoms. The van der Waals surface area contributed by atoms with Gasteiger partial charge in [-0.25, -0.2) is 18.7 Å². The Balaban J connectivity index is 0.661. The Kier molecular flexibility index (Phi) is 14.4. The lowest BCUT2D eigenvalue weighted by Crippen LogP contribution is -2.66. The highest BCUT2D eigenvalue weighted by Crippen LogP contribution is 2.35. The van der Waals surface area contributed by atoms with Crippen molar-refractivity contribution in [1.82, 2.24) is 40.2 Å². The lowest BCUT2D eigenvalue weighted by molar-refractivity contribution is -0.137. The molecular weight excluding hydrogens is 875 g/mol. The van der Waals surface area contributed by atoms with E-state index in [2.05, 4.69) is 64.7 Å². The fraction of sp³-hybridized carbons (Fsp3) is 0.592. The van der Waals surface area contributed by atoms with Crippen molar-refractivity contribution in [1.29, 1.82) is 0 Å². The first-order valence-corrected chi connectivity index (χ1v) is 24.4. The van der Waals surface area contributed by atoms with Gasteiger partial charge in [-0.05, 0) is 68.8 Å². The predicted molar refractivity (Wildman–Crippen MR) is 254 cm³/mol. The second-order valence-corrected chi connectivity index (χ2v) is 20.1. The van der Waals surface area contributed by atoms with Gasteiger partial charge in [-0.3, -0.25) is 39.2 Å².